The predicted octanol–water partition coefficient (Wildman–Crippen LogP) is 2.05. The van der Waals surface area contributed by atoms with E-state index in [4.69, 9.17) is 9.63 Å². The van der Waals surface area contributed by atoms with Crippen molar-refractivity contribution >= 4 is 11.8 Å². The molecule has 0 aliphatic rings. The molecule has 0 fully saturated rings. The lowest BCUT2D eigenvalue weighted by Crippen LogP contribution is -2.30. The van der Waals surface area contributed by atoms with Crippen LogP contribution in [0.3, 0.4) is 0 Å². The van der Waals surface area contributed by atoms with E-state index in [1.807, 2.05) is 12.1 Å². The number of aromatic hydroxyl groups is 1. The minimum Gasteiger partial charge on any atom is -0.508 e. The Morgan fingerprint density at radius 1 is 1.37 bits per heavy atom. The Morgan fingerprint density at radius 3 is 2.74 bits per heavy atom. The van der Waals surface area contributed by atoms with Crippen LogP contribution in [0.25, 0.3) is 0 Å². The van der Waals surface area contributed by atoms with Crippen LogP contribution >= 0.6 is 0 Å². The van der Waals surface area contributed by atoms with Gasteiger partial charge in [-0.15, -0.1) is 0 Å². The number of hydrogen-bond acceptors (Lipinski definition) is 4. The van der Waals surface area contributed by atoms with Crippen LogP contribution in [-0.2, 0) is 6.42 Å². The molecule has 6 heteroatoms. The van der Waals surface area contributed by atoms with Crippen molar-refractivity contribution in [1.82, 2.24) is 10.5 Å². The molecule has 0 spiro atoms. The van der Waals surface area contributed by atoms with Gasteiger partial charge in [0.1, 0.15) is 11.5 Å². The summed E-state index contributed by atoms with van der Waals surface area (Å²) in [5.41, 5.74) is 1.04. The SMILES string of the molecule is Cc1cc(NC(=O)NCCc2ccc(O)cc2)no1. The highest BCUT2D eigenvalue weighted by Crippen LogP contribution is 2.09. The van der Waals surface area contributed by atoms with Gasteiger partial charge in [0.15, 0.2) is 5.82 Å². The van der Waals surface area contributed by atoms with Gasteiger partial charge < -0.3 is 14.9 Å². The van der Waals surface area contributed by atoms with E-state index < -0.39 is 0 Å². The van der Waals surface area contributed by atoms with Gasteiger partial charge >= 0.3 is 6.03 Å². The van der Waals surface area contributed by atoms with Gasteiger partial charge in [-0.3, -0.25) is 5.32 Å². The van der Waals surface area contributed by atoms with Crippen molar-refractivity contribution in [3.63, 3.8) is 0 Å². The fraction of sp³-hybridized carbons (Fsp3) is 0.231. The number of hydrogen-bond donors (Lipinski definition) is 3. The number of nitrogens with one attached hydrogen (secondary N) is 2. The Kier molecular flexibility index (Phi) is 4.02. The van der Waals surface area contributed by atoms with Gasteiger partial charge in [-0.25, -0.2) is 4.79 Å². The van der Waals surface area contributed by atoms with Gasteiger partial charge in [-0.05, 0) is 31.0 Å². The number of phenols is 1. The first-order valence-corrected chi connectivity index (χ1v) is 5.89. The summed E-state index contributed by atoms with van der Waals surface area (Å²) in [5, 5.41) is 18.1. The number of carbonyl (C=O) groups excluding carboxylic acids is 1. The van der Waals surface area contributed by atoms with Crippen LogP contribution in [0, 0.1) is 6.92 Å². The fourth-order valence-electron chi connectivity index (χ4n) is 1.57. The smallest absolute Gasteiger partial charge is 0.320 e. The first-order valence-electron chi connectivity index (χ1n) is 5.89. The molecule has 0 bridgehead atoms. The molecule has 2 aromatic rings. The zero-order valence-corrected chi connectivity index (χ0v) is 10.5. The Hall–Kier alpha value is -2.50. The third kappa shape index (κ3) is 4.02. The number of rotatable bonds is 4. The van der Waals surface area contributed by atoms with E-state index in [2.05, 4.69) is 15.8 Å². The molecule has 0 radical (unpaired) electrons. The van der Waals surface area contributed by atoms with E-state index in [1.54, 1.807) is 25.1 Å². The number of amides is 2. The zero-order valence-electron chi connectivity index (χ0n) is 10.5. The second-order valence-corrected chi connectivity index (χ2v) is 4.12. The molecule has 3 N–H and O–H groups in total. The second-order valence-electron chi connectivity index (χ2n) is 4.12. The van der Waals surface area contributed by atoms with Crippen molar-refractivity contribution in [1.29, 1.82) is 0 Å². The molecule has 0 atom stereocenters. The molecule has 6 nitrogen and oxygen atoms in total. The van der Waals surface area contributed by atoms with Crippen molar-refractivity contribution in [3.8, 4) is 5.75 Å². The molecule has 1 heterocycles. The minimum absolute atomic E-state index is 0.232. The number of urea groups is 1. The molecule has 100 valence electrons. The summed E-state index contributed by atoms with van der Waals surface area (Å²) in [6.07, 6.45) is 0.686. The number of aryl methyl sites for hydroxylation is 1. The lowest BCUT2D eigenvalue weighted by Gasteiger charge is -2.05. The number of anilines is 1. The zero-order chi connectivity index (χ0) is 13.7. The average Bonchev–Trinajstić information content (AvgIpc) is 2.77. The summed E-state index contributed by atoms with van der Waals surface area (Å²) in [7, 11) is 0. The van der Waals surface area contributed by atoms with Gasteiger partial charge in [0, 0.05) is 12.6 Å². The monoisotopic (exact) mass is 261 g/mol. The summed E-state index contributed by atoms with van der Waals surface area (Å²) in [6.45, 7) is 2.24. The van der Waals surface area contributed by atoms with Crippen molar-refractivity contribution < 1.29 is 14.4 Å². The molecule has 1 aromatic carbocycles. The Bertz CT molecular complexity index is 549. The van der Waals surface area contributed by atoms with Gasteiger partial charge in [-0.1, -0.05) is 17.3 Å². The largest absolute Gasteiger partial charge is 0.508 e. The molecule has 2 rings (SSSR count). The highest BCUT2D eigenvalue weighted by atomic mass is 16.5. The normalized spacial score (nSPS) is 10.2. The summed E-state index contributed by atoms with van der Waals surface area (Å²) in [6, 6.07) is 8.18. The number of phenolic OH excluding ortho intramolecular Hbond substituents is 1. The summed E-state index contributed by atoms with van der Waals surface area (Å²) in [5.74, 6) is 1.26. The molecule has 1 aromatic heterocycles. The summed E-state index contributed by atoms with van der Waals surface area (Å²) >= 11 is 0. The predicted molar refractivity (Wildman–Crippen MR) is 70.1 cm³/mol. The quantitative estimate of drug-likeness (QED) is 0.786. The first-order chi connectivity index (χ1) is 9.13. The molecule has 19 heavy (non-hydrogen) atoms. The Labute approximate surface area is 110 Å². The van der Waals surface area contributed by atoms with Gasteiger partial charge in [0.2, 0.25) is 0 Å². The van der Waals surface area contributed by atoms with Crippen molar-refractivity contribution in [2.45, 2.75) is 13.3 Å². The third-order valence-corrected chi connectivity index (χ3v) is 2.51. The number of nitrogens with zero attached hydrogens (tertiary/aromatic N) is 1. The molecule has 2 amide bonds. The van der Waals surface area contributed by atoms with E-state index >= 15 is 0 Å². The lowest BCUT2D eigenvalue weighted by molar-refractivity contribution is 0.252. The highest BCUT2D eigenvalue weighted by Gasteiger charge is 2.04. The maximum atomic E-state index is 11.5. The molecule has 0 saturated heterocycles. The van der Waals surface area contributed by atoms with Crippen LogP contribution < -0.4 is 10.6 Å². The Morgan fingerprint density at radius 2 is 2.11 bits per heavy atom. The first kappa shape index (κ1) is 12.9. The van der Waals surface area contributed by atoms with Crippen LogP contribution in [-0.4, -0.2) is 22.8 Å². The maximum absolute atomic E-state index is 11.5. The highest BCUT2D eigenvalue weighted by molar-refractivity contribution is 5.88. The summed E-state index contributed by atoms with van der Waals surface area (Å²) in [4.78, 5) is 11.5. The van der Waals surface area contributed by atoms with Crippen LogP contribution in [0.15, 0.2) is 34.9 Å². The molecular formula is C13H15N3O3. The van der Waals surface area contributed by atoms with E-state index in [-0.39, 0.29) is 11.8 Å². The standard InChI is InChI=1S/C13H15N3O3/c1-9-8-12(16-19-9)15-13(18)14-7-6-10-2-4-11(17)5-3-10/h2-5,8,17H,6-7H2,1H3,(H2,14,15,16,18). The van der Waals surface area contributed by atoms with E-state index in [1.165, 1.54) is 0 Å². The van der Waals surface area contributed by atoms with Crippen molar-refractivity contribution in [2.24, 2.45) is 0 Å². The van der Waals surface area contributed by atoms with Crippen LogP contribution in [0.2, 0.25) is 0 Å². The Balaban J connectivity index is 1.73. The van der Waals surface area contributed by atoms with Crippen LogP contribution in [0.5, 0.6) is 5.75 Å². The topological polar surface area (TPSA) is 87.4 Å². The van der Waals surface area contributed by atoms with E-state index in [0.29, 0.717) is 24.5 Å². The molecule has 0 aliphatic heterocycles. The van der Waals surface area contributed by atoms with Gasteiger partial charge in [0.25, 0.3) is 0 Å². The van der Waals surface area contributed by atoms with Crippen LogP contribution in [0.1, 0.15) is 11.3 Å². The molecule has 0 aliphatic carbocycles. The van der Waals surface area contributed by atoms with E-state index in [9.17, 15) is 4.79 Å². The fourth-order valence-corrected chi connectivity index (χ4v) is 1.57. The molecular weight excluding hydrogens is 246 g/mol. The van der Waals surface area contributed by atoms with Gasteiger partial charge in [-0.2, -0.15) is 0 Å². The number of aromatic nitrogens is 1. The number of benzene rings is 1. The molecule has 0 unspecified atom stereocenters. The molecule has 0 saturated carbocycles. The average molecular weight is 261 g/mol. The lowest BCUT2D eigenvalue weighted by atomic mass is 10.1. The van der Waals surface area contributed by atoms with E-state index in [0.717, 1.165) is 5.56 Å². The minimum atomic E-state index is -0.327. The van der Waals surface area contributed by atoms with Gasteiger partial charge in [0.05, 0.1) is 0 Å². The summed E-state index contributed by atoms with van der Waals surface area (Å²) < 4.78 is 4.83. The third-order valence-electron chi connectivity index (χ3n) is 2.51. The maximum Gasteiger partial charge on any atom is 0.320 e. The number of carbonyl (C=O) groups is 1. The van der Waals surface area contributed by atoms with Crippen LogP contribution in [0.4, 0.5) is 10.6 Å². The van der Waals surface area contributed by atoms with Crippen molar-refractivity contribution in [2.75, 3.05) is 11.9 Å². The second kappa shape index (κ2) is 5.90. The van der Waals surface area contributed by atoms with Crippen molar-refractivity contribution in [3.05, 3.63) is 41.7 Å².